The molecular formula is C19H14ClN3O3. The van der Waals surface area contributed by atoms with Crippen molar-refractivity contribution in [1.82, 2.24) is 15.8 Å². The lowest BCUT2D eigenvalue weighted by Crippen LogP contribution is -2.42. The molecule has 2 amide bonds. The quantitative estimate of drug-likeness (QED) is 0.491. The topological polar surface area (TPSA) is 91.1 Å². The van der Waals surface area contributed by atoms with Gasteiger partial charge in [0.2, 0.25) is 5.43 Å². The lowest BCUT2D eigenvalue weighted by molar-refractivity contribution is -0.117. The maximum atomic E-state index is 12.4. The number of halogens is 1. The van der Waals surface area contributed by atoms with Crippen molar-refractivity contribution < 1.29 is 9.59 Å². The molecule has 0 atom stereocenters. The molecule has 3 N–H and O–H groups in total. The first-order valence-corrected chi connectivity index (χ1v) is 8.07. The minimum absolute atomic E-state index is 0.132. The summed E-state index contributed by atoms with van der Waals surface area (Å²) < 4.78 is 0. The van der Waals surface area contributed by atoms with Gasteiger partial charge in [-0.2, -0.15) is 0 Å². The van der Waals surface area contributed by atoms with E-state index in [9.17, 15) is 14.4 Å². The molecular weight excluding hydrogens is 354 g/mol. The summed E-state index contributed by atoms with van der Waals surface area (Å²) in [5.41, 5.74) is 5.24. The van der Waals surface area contributed by atoms with E-state index in [0.717, 1.165) is 5.56 Å². The van der Waals surface area contributed by atoms with Gasteiger partial charge in [0, 0.05) is 28.2 Å². The monoisotopic (exact) mass is 367 g/mol. The van der Waals surface area contributed by atoms with E-state index in [2.05, 4.69) is 15.8 Å². The smallest absolute Gasteiger partial charge is 0.275 e. The van der Waals surface area contributed by atoms with Crippen molar-refractivity contribution in [2.75, 3.05) is 0 Å². The highest BCUT2D eigenvalue weighted by atomic mass is 35.5. The molecule has 26 heavy (non-hydrogen) atoms. The van der Waals surface area contributed by atoms with E-state index in [-0.39, 0.29) is 5.56 Å². The number of carbonyl (C=O) groups excluding carboxylic acids is 2. The highest BCUT2D eigenvalue weighted by Crippen LogP contribution is 2.14. The number of rotatable bonds is 3. The molecule has 7 heteroatoms. The molecule has 0 saturated heterocycles. The fourth-order valence-electron chi connectivity index (χ4n) is 2.32. The molecule has 0 radical (unpaired) electrons. The first-order chi connectivity index (χ1) is 12.5. The third-order valence-electron chi connectivity index (χ3n) is 3.61. The number of pyridine rings is 1. The van der Waals surface area contributed by atoms with Gasteiger partial charge in [-0.25, -0.2) is 0 Å². The Labute approximate surface area is 153 Å². The van der Waals surface area contributed by atoms with Crippen LogP contribution in [0, 0.1) is 0 Å². The van der Waals surface area contributed by atoms with E-state index < -0.39 is 17.2 Å². The summed E-state index contributed by atoms with van der Waals surface area (Å²) in [6.07, 6.45) is 4.17. The molecule has 0 spiro atoms. The van der Waals surface area contributed by atoms with Crippen molar-refractivity contribution in [3.63, 3.8) is 0 Å². The van der Waals surface area contributed by atoms with Gasteiger partial charge in [-0.3, -0.25) is 25.2 Å². The number of hydrogen-bond donors (Lipinski definition) is 3. The Morgan fingerprint density at radius 3 is 2.58 bits per heavy atom. The number of fused-ring (bicyclic) bond motifs is 1. The second kappa shape index (κ2) is 7.67. The van der Waals surface area contributed by atoms with Gasteiger partial charge in [0.25, 0.3) is 11.8 Å². The molecule has 0 unspecified atom stereocenters. The van der Waals surface area contributed by atoms with Gasteiger partial charge in [0.1, 0.15) is 5.56 Å². The van der Waals surface area contributed by atoms with Crippen LogP contribution in [-0.2, 0) is 4.79 Å². The van der Waals surface area contributed by atoms with Crippen LogP contribution in [0.2, 0.25) is 5.02 Å². The number of nitrogens with one attached hydrogen (secondary N) is 3. The van der Waals surface area contributed by atoms with Gasteiger partial charge in [0.15, 0.2) is 0 Å². The first kappa shape index (κ1) is 17.4. The normalized spacial score (nSPS) is 10.8. The number of aromatic amines is 1. The SMILES string of the molecule is O=C(/C=C/c1ccccc1)NNC(=O)c1c[nH]c2ccc(Cl)cc2c1=O. The summed E-state index contributed by atoms with van der Waals surface area (Å²) in [5, 5.41) is 0.681. The van der Waals surface area contributed by atoms with E-state index in [0.29, 0.717) is 15.9 Å². The Kier molecular flexibility index (Phi) is 5.15. The fraction of sp³-hybridized carbons (Fsp3) is 0. The Balaban J connectivity index is 1.69. The number of carbonyl (C=O) groups is 2. The number of H-pyrrole nitrogens is 1. The number of hydrogen-bond acceptors (Lipinski definition) is 3. The van der Waals surface area contributed by atoms with Gasteiger partial charge in [-0.15, -0.1) is 0 Å². The molecule has 130 valence electrons. The number of hydrazine groups is 1. The molecule has 3 aromatic rings. The molecule has 0 fully saturated rings. The molecule has 3 rings (SSSR count). The molecule has 0 saturated carbocycles. The van der Waals surface area contributed by atoms with Crippen molar-refractivity contribution in [1.29, 1.82) is 0 Å². The maximum Gasteiger partial charge on any atom is 0.275 e. The Hall–Kier alpha value is -3.38. The third kappa shape index (κ3) is 3.99. The fourth-order valence-corrected chi connectivity index (χ4v) is 2.49. The summed E-state index contributed by atoms with van der Waals surface area (Å²) in [5.74, 6) is -1.25. The first-order valence-electron chi connectivity index (χ1n) is 7.69. The molecule has 0 aliphatic rings. The van der Waals surface area contributed by atoms with E-state index in [1.54, 1.807) is 18.2 Å². The Bertz CT molecular complexity index is 1060. The highest BCUT2D eigenvalue weighted by molar-refractivity contribution is 6.31. The average molecular weight is 368 g/mol. The van der Waals surface area contributed by atoms with Crippen LogP contribution in [0.25, 0.3) is 17.0 Å². The predicted molar refractivity (Wildman–Crippen MR) is 101 cm³/mol. The van der Waals surface area contributed by atoms with Crippen LogP contribution in [-0.4, -0.2) is 16.8 Å². The molecule has 6 nitrogen and oxygen atoms in total. The number of amides is 2. The average Bonchev–Trinajstić information content (AvgIpc) is 2.66. The number of aromatic nitrogens is 1. The van der Waals surface area contributed by atoms with Crippen molar-refractivity contribution in [2.45, 2.75) is 0 Å². The van der Waals surface area contributed by atoms with Crippen molar-refractivity contribution >= 4 is 40.4 Å². The molecule has 2 aromatic carbocycles. The molecule has 1 aromatic heterocycles. The lowest BCUT2D eigenvalue weighted by Gasteiger charge is -2.06. The van der Waals surface area contributed by atoms with Crippen LogP contribution in [0.4, 0.5) is 0 Å². The highest BCUT2D eigenvalue weighted by Gasteiger charge is 2.13. The largest absolute Gasteiger partial charge is 0.360 e. The molecule has 0 aliphatic carbocycles. The molecule has 0 bridgehead atoms. The van der Waals surface area contributed by atoms with E-state index in [1.165, 1.54) is 18.3 Å². The van der Waals surface area contributed by atoms with Crippen molar-refractivity contribution in [3.8, 4) is 0 Å². The van der Waals surface area contributed by atoms with Gasteiger partial charge < -0.3 is 4.98 Å². The van der Waals surface area contributed by atoms with Crippen molar-refractivity contribution in [3.05, 3.63) is 87.2 Å². The lowest BCUT2D eigenvalue weighted by atomic mass is 10.1. The van der Waals surface area contributed by atoms with Gasteiger partial charge in [-0.1, -0.05) is 41.9 Å². The maximum absolute atomic E-state index is 12.4. The predicted octanol–water partition coefficient (Wildman–Crippen LogP) is 2.66. The van der Waals surface area contributed by atoms with Crippen molar-refractivity contribution in [2.24, 2.45) is 0 Å². The van der Waals surface area contributed by atoms with Gasteiger partial charge in [-0.05, 0) is 29.8 Å². The van der Waals surface area contributed by atoms with Crippen LogP contribution in [0.15, 0.2) is 65.6 Å². The standard InChI is InChI=1S/C19H14ClN3O3/c20-13-7-8-16-14(10-13)18(25)15(11-21-16)19(26)23-22-17(24)9-6-12-4-2-1-3-5-12/h1-11H,(H,21,25)(H,22,24)(H,23,26)/b9-6+. The van der Waals surface area contributed by atoms with E-state index in [1.807, 2.05) is 30.3 Å². The van der Waals surface area contributed by atoms with Crippen LogP contribution in [0.1, 0.15) is 15.9 Å². The second-order valence-electron chi connectivity index (χ2n) is 5.41. The zero-order chi connectivity index (χ0) is 18.5. The van der Waals surface area contributed by atoms with E-state index in [4.69, 9.17) is 11.6 Å². The molecule has 0 aliphatic heterocycles. The summed E-state index contributed by atoms with van der Waals surface area (Å²) in [6.45, 7) is 0. The zero-order valence-electron chi connectivity index (χ0n) is 13.5. The van der Waals surface area contributed by atoms with Crippen LogP contribution in [0.5, 0.6) is 0 Å². The van der Waals surface area contributed by atoms with Crippen LogP contribution >= 0.6 is 11.6 Å². The summed E-state index contributed by atoms with van der Waals surface area (Å²) in [6, 6.07) is 14.0. The van der Waals surface area contributed by atoms with E-state index >= 15 is 0 Å². The number of benzene rings is 2. The minimum Gasteiger partial charge on any atom is -0.360 e. The van der Waals surface area contributed by atoms with Crippen LogP contribution in [0.3, 0.4) is 0 Å². The summed E-state index contributed by atoms with van der Waals surface area (Å²) >= 11 is 5.89. The zero-order valence-corrected chi connectivity index (χ0v) is 14.2. The van der Waals surface area contributed by atoms with Crippen LogP contribution < -0.4 is 16.3 Å². The van der Waals surface area contributed by atoms with Gasteiger partial charge >= 0.3 is 0 Å². The second-order valence-corrected chi connectivity index (χ2v) is 5.85. The Morgan fingerprint density at radius 1 is 1.04 bits per heavy atom. The molecule has 1 heterocycles. The minimum atomic E-state index is -0.727. The summed E-state index contributed by atoms with van der Waals surface area (Å²) in [7, 11) is 0. The summed E-state index contributed by atoms with van der Waals surface area (Å²) in [4.78, 5) is 39.2. The Morgan fingerprint density at radius 2 is 1.81 bits per heavy atom. The van der Waals surface area contributed by atoms with Gasteiger partial charge in [0.05, 0.1) is 0 Å². The third-order valence-corrected chi connectivity index (χ3v) is 3.85.